The molecule has 1 aliphatic rings. The minimum absolute atomic E-state index is 0.0423. The summed E-state index contributed by atoms with van der Waals surface area (Å²) >= 11 is 0. The van der Waals surface area contributed by atoms with Crippen molar-refractivity contribution in [3.63, 3.8) is 0 Å². The van der Waals surface area contributed by atoms with Crippen molar-refractivity contribution in [2.24, 2.45) is 11.3 Å². The highest BCUT2D eigenvalue weighted by atomic mass is 16.2. The second kappa shape index (κ2) is 5.55. The topological polar surface area (TPSA) is 41.1 Å². The van der Waals surface area contributed by atoms with Crippen LogP contribution >= 0.6 is 0 Å². The highest BCUT2D eigenvalue weighted by molar-refractivity contribution is 5.73. The molecule has 0 aromatic heterocycles. The first kappa shape index (κ1) is 13.3. The molecule has 1 fully saturated rings. The van der Waals surface area contributed by atoms with Crippen LogP contribution in [0.4, 0.5) is 4.79 Å². The summed E-state index contributed by atoms with van der Waals surface area (Å²) in [5.74, 6) is 0.850. The SMILES string of the molecule is CNC(=O)N[C@H]1CC[C@H](CC(C)(C)C)CC1. The Morgan fingerprint density at radius 2 is 1.75 bits per heavy atom. The Bertz CT molecular complexity index is 225. The third-order valence-corrected chi connectivity index (χ3v) is 3.31. The standard InChI is InChI=1S/C13H26N2O/c1-13(2,3)9-10-5-7-11(8-6-10)15-12(16)14-4/h10-11H,5-9H2,1-4H3,(H2,14,15,16)/t10-,11-. The second-order valence-corrected chi connectivity index (χ2v) is 6.21. The van der Waals surface area contributed by atoms with Gasteiger partial charge in [0.1, 0.15) is 0 Å². The molecule has 1 rings (SSSR count). The summed E-state index contributed by atoms with van der Waals surface area (Å²) in [5, 5.41) is 5.61. The summed E-state index contributed by atoms with van der Waals surface area (Å²) in [6.07, 6.45) is 6.08. The van der Waals surface area contributed by atoms with Gasteiger partial charge in [-0.1, -0.05) is 20.8 Å². The quantitative estimate of drug-likeness (QED) is 0.747. The molecular weight excluding hydrogens is 200 g/mol. The van der Waals surface area contributed by atoms with Gasteiger partial charge in [-0.15, -0.1) is 0 Å². The predicted molar refractivity (Wildman–Crippen MR) is 67.4 cm³/mol. The average Bonchev–Trinajstić information content (AvgIpc) is 2.18. The van der Waals surface area contributed by atoms with Crippen LogP contribution in [0.15, 0.2) is 0 Å². The van der Waals surface area contributed by atoms with Crippen molar-refractivity contribution < 1.29 is 4.79 Å². The Kier molecular flexibility index (Phi) is 4.63. The molecule has 2 amide bonds. The largest absolute Gasteiger partial charge is 0.341 e. The summed E-state index contributed by atoms with van der Waals surface area (Å²) in [5.41, 5.74) is 0.436. The van der Waals surface area contributed by atoms with Crippen LogP contribution in [0.3, 0.4) is 0 Å². The summed E-state index contributed by atoms with van der Waals surface area (Å²) in [4.78, 5) is 11.2. The first-order valence-electron chi connectivity index (χ1n) is 6.39. The molecule has 0 aliphatic heterocycles. The monoisotopic (exact) mass is 226 g/mol. The van der Waals surface area contributed by atoms with Crippen LogP contribution in [-0.2, 0) is 0 Å². The Labute approximate surface area is 99.4 Å². The van der Waals surface area contributed by atoms with E-state index in [4.69, 9.17) is 0 Å². The number of hydrogen-bond acceptors (Lipinski definition) is 1. The molecule has 94 valence electrons. The van der Waals surface area contributed by atoms with E-state index in [0.717, 1.165) is 18.8 Å². The number of carbonyl (C=O) groups is 1. The van der Waals surface area contributed by atoms with E-state index in [0.29, 0.717) is 11.5 Å². The van der Waals surface area contributed by atoms with Crippen molar-refractivity contribution >= 4 is 6.03 Å². The minimum atomic E-state index is -0.0423. The maximum absolute atomic E-state index is 11.2. The van der Waals surface area contributed by atoms with Crippen molar-refractivity contribution in [1.29, 1.82) is 0 Å². The number of nitrogens with one attached hydrogen (secondary N) is 2. The Morgan fingerprint density at radius 1 is 1.19 bits per heavy atom. The summed E-state index contributed by atoms with van der Waals surface area (Å²) in [6.45, 7) is 6.92. The molecule has 0 saturated heterocycles. The minimum Gasteiger partial charge on any atom is -0.341 e. The van der Waals surface area contributed by atoms with Gasteiger partial charge in [0, 0.05) is 13.1 Å². The Balaban J connectivity index is 2.26. The number of rotatable bonds is 2. The van der Waals surface area contributed by atoms with Gasteiger partial charge in [-0.3, -0.25) is 0 Å². The van der Waals surface area contributed by atoms with Gasteiger partial charge in [0.15, 0.2) is 0 Å². The van der Waals surface area contributed by atoms with Gasteiger partial charge in [0.05, 0.1) is 0 Å². The van der Waals surface area contributed by atoms with Gasteiger partial charge in [-0.05, 0) is 43.4 Å². The number of urea groups is 1. The van der Waals surface area contributed by atoms with Gasteiger partial charge < -0.3 is 10.6 Å². The molecule has 0 atom stereocenters. The number of amides is 2. The molecule has 3 nitrogen and oxygen atoms in total. The molecule has 2 N–H and O–H groups in total. The van der Waals surface area contributed by atoms with Crippen molar-refractivity contribution in [2.75, 3.05) is 7.05 Å². The smallest absolute Gasteiger partial charge is 0.314 e. The number of hydrogen-bond donors (Lipinski definition) is 2. The second-order valence-electron chi connectivity index (χ2n) is 6.21. The molecule has 1 aliphatic carbocycles. The maximum atomic E-state index is 11.2. The van der Waals surface area contributed by atoms with Crippen LogP contribution in [0.25, 0.3) is 0 Å². The molecule has 0 heterocycles. The van der Waals surface area contributed by atoms with Crippen molar-refractivity contribution in [2.45, 2.75) is 58.9 Å². The van der Waals surface area contributed by atoms with E-state index in [2.05, 4.69) is 31.4 Å². The summed E-state index contributed by atoms with van der Waals surface area (Å²) < 4.78 is 0. The fourth-order valence-electron chi connectivity index (χ4n) is 2.63. The van der Waals surface area contributed by atoms with Crippen LogP contribution in [0.5, 0.6) is 0 Å². The van der Waals surface area contributed by atoms with Gasteiger partial charge >= 0.3 is 6.03 Å². The fourth-order valence-corrected chi connectivity index (χ4v) is 2.63. The third-order valence-electron chi connectivity index (χ3n) is 3.31. The van der Waals surface area contributed by atoms with Crippen LogP contribution in [-0.4, -0.2) is 19.1 Å². The first-order valence-corrected chi connectivity index (χ1v) is 6.39. The maximum Gasteiger partial charge on any atom is 0.314 e. The molecule has 0 unspecified atom stereocenters. The van der Waals surface area contributed by atoms with Crippen molar-refractivity contribution in [3.8, 4) is 0 Å². The molecule has 0 spiro atoms. The Morgan fingerprint density at radius 3 is 2.19 bits per heavy atom. The zero-order valence-electron chi connectivity index (χ0n) is 11.1. The predicted octanol–water partition coefficient (Wildman–Crippen LogP) is 2.91. The average molecular weight is 226 g/mol. The zero-order valence-corrected chi connectivity index (χ0v) is 11.1. The van der Waals surface area contributed by atoms with Gasteiger partial charge in [0.25, 0.3) is 0 Å². The van der Waals surface area contributed by atoms with Gasteiger partial charge in [-0.25, -0.2) is 4.79 Å². The lowest BCUT2D eigenvalue weighted by molar-refractivity contribution is 0.206. The van der Waals surface area contributed by atoms with Gasteiger partial charge in [0.2, 0.25) is 0 Å². The van der Waals surface area contributed by atoms with E-state index in [1.54, 1.807) is 7.05 Å². The fraction of sp³-hybridized carbons (Fsp3) is 0.923. The Hall–Kier alpha value is -0.730. The number of carbonyl (C=O) groups excluding carboxylic acids is 1. The van der Waals surface area contributed by atoms with E-state index < -0.39 is 0 Å². The van der Waals surface area contributed by atoms with Crippen molar-refractivity contribution in [3.05, 3.63) is 0 Å². The molecule has 0 aromatic carbocycles. The van der Waals surface area contributed by atoms with E-state index >= 15 is 0 Å². The van der Waals surface area contributed by atoms with E-state index in [9.17, 15) is 4.79 Å². The summed E-state index contributed by atoms with van der Waals surface area (Å²) in [7, 11) is 1.67. The normalized spacial score (nSPS) is 26.2. The molecule has 3 heteroatoms. The third kappa shape index (κ3) is 4.86. The lowest BCUT2D eigenvalue weighted by Gasteiger charge is -2.32. The van der Waals surface area contributed by atoms with Crippen LogP contribution in [0.1, 0.15) is 52.9 Å². The van der Waals surface area contributed by atoms with E-state index in [-0.39, 0.29) is 6.03 Å². The molecule has 0 radical (unpaired) electrons. The zero-order chi connectivity index (χ0) is 12.2. The van der Waals surface area contributed by atoms with E-state index in [1.807, 2.05) is 0 Å². The van der Waals surface area contributed by atoms with Crippen LogP contribution in [0.2, 0.25) is 0 Å². The van der Waals surface area contributed by atoms with Crippen LogP contribution in [0, 0.1) is 11.3 Å². The molecule has 16 heavy (non-hydrogen) atoms. The summed E-state index contributed by atoms with van der Waals surface area (Å²) in [6, 6.07) is 0.343. The molecule has 0 bridgehead atoms. The van der Waals surface area contributed by atoms with Crippen molar-refractivity contribution in [1.82, 2.24) is 10.6 Å². The highest BCUT2D eigenvalue weighted by Gasteiger charge is 2.25. The lowest BCUT2D eigenvalue weighted by Crippen LogP contribution is -2.42. The lowest BCUT2D eigenvalue weighted by atomic mass is 9.76. The first-order chi connectivity index (χ1) is 7.40. The van der Waals surface area contributed by atoms with Gasteiger partial charge in [-0.2, -0.15) is 0 Å². The van der Waals surface area contributed by atoms with Crippen LogP contribution < -0.4 is 10.6 Å². The highest BCUT2D eigenvalue weighted by Crippen LogP contribution is 2.34. The molecule has 1 saturated carbocycles. The molecule has 0 aromatic rings. The van der Waals surface area contributed by atoms with E-state index in [1.165, 1.54) is 19.3 Å². The molecular formula is C13H26N2O.